The van der Waals surface area contributed by atoms with Crippen LogP contribution < -0.4 is 10.1 Å². The van der Waals surface area contributed by atoms with E-state index in [-0.39, 0.29) is 23.6 Å². The number of amides is 1. The zero-order valence-electron chi connectivity index (χ0n) is 13.1. The summed E-state index contributed by atoms with van der Waals surface area (Å²) < 4.78 is 5.41. The molecule has 0 aliphatic carbocycles. The van der Waals surface area contributed by atoms with E-state index in [1.165, 1.54) is 18.2 Å². The van der Waals surface area contributed by atoms with Gasteiger partial charge in [0.05, 0.1) is 11.3 Å². The third kappa shape index (κ3) is 4.17. The highest BCUT2D eigenvalue weighted by Crippen LogP contribution is 2.26. The molecular formula is C17H16ClNO5. The van der Waals surface area contributed by atoms with E-state index in [2.05, 4.69) is 5.32 Å². The van der Waals surface area contributed by atoms with E-state index in [0.717, 1.165) is 11.1 Å². The van der Waals surface area contributed by atoms with Gasteiger partial charge >= 0.3 is 5.97 Å². The van der Waals surface area contributed by atoms with E-state index in [9.17, 15) is 14.7 Å². The summed E-state index contributed by atoms with van der Waals surface area (Å²) in [4.78, 5) is 22.9. The van der Waals surface area contributed by atoms with E-state index >= 15 is 0 Å². The average Bonchev–Trinajstić information content (AvgIpc) is 2.52. The Morgan fingerprint density at radius 3 is 2.38 bits per heavy atom. The highest BCUT2D eigenvalue weighted by molar-refractivity contribution is 6.32. The minimum absolute atomic E-state index is 0.00645. The predicted molar refractivity (Wildman–Crippen MR) is 90.1 cm³/mol. The second kappa shape index (κ2) is 7.23. The van der Waals surface area contributed by atoms with Crippen LogP contribution in [0, 0.1) is 13.8 Å². The molecule has 0 heterocycles. The first-order valence-electron chi connectivity index (χ1n) is 7.03. The van der Waals surface area contributed by atoms with Gasteiger partial charge in [0.1, 0.15) is 11.5 Å². The van der Waals surface area contributed by atoms with Gasteiger partial charge in [-0.15, -0.1) is 0 Å². The molecule has 0 saturated carbocycles. The zero-order chi connectivity index (χ0) is 17.9. The maximum absolute atomic E-state index is 11.9. The normalized spacial score (nSPS) is 10.3. The molecule has 126 valence electrons. The summed E-state index contributed by atoms with van der Waals surface area (Å²) in [7, 11) is 0. The third-order valence-electron chi connectivity index (χ3n) is 3.30. The van der Waals surface area contributed by atoms with Crippen molar-refractivity contribution < 1.29 is 24.5 Å². The van der Waals surface area contributed by atoms with Crippen LogP contribution in [0.1, 0.15) is 21.5 Å². The Bertz CT molecular complexity index is 781. The van der Waals surface area contributed by atoms with Crippen molar-refractivity contribution in [3.05, 3.63) is 52.0 Å². The molecule has 3 N–H and O–H groups in total. The zero-order valence-corrected chi connectivity index (χ0v) is 13.8. The van der Waals surface area contributed by atoms with E-state index in [1.807, 2.05) is 13.8 Å². The molecule has 0 unspecified atom stereocenters. The molecule has 0 spiro atoms. The number of benzene rings is 2. The fourth-order valence-electron chi connectivity index (χ4n) is 2.09. The molecule has 0 aromatic heterocycles. The molecule has 2 rings (SSSR count). The van der Waals surface area contributed by atoms with Crippen molar-refractivity contribution in [1.82, 2.24) is 0 Å². The molecule has 0 aliphatic rings. The highest BCUT2D eigenvalue weighted by Gasteiger charge is 2.12. The summed E-state index contributed by atoms with van der Waals surface area (Å²) in [6, 6.07) is 7.04. The molecule has 24 heavy (non-hydrogen) atoms. The van der Waals surface area contributed by atoms with Gasteiger partial charge in [0, 0.05) is 5.02 Å². The van der Waals surface area contributed by atoms with Crippen LogP contribution in [0.25, 0.3) is 0 Å². The first kappa shape index (κ1) is 17.6. The largest absolute Gasteiger partial charge is 0.506 e. The lowest BCUT2D eigenvalue weighted by Crippen LogP contribution is -2.20. The molecule has 0 radical (unpaired) electrons. The standard InChI is InChI=1S/C17H16ClNO5/c1-9-5-12(6-10(2)16(9)18)24-8-15(21)19-13-7-11(17(22)23)3-4-14(13)20/h3-7,20H,8H2,1-2H3,(H,19,21)(H,22,23). The van der Waals surface area contributed by atoms with Gasteiger partial charge in [0.15, 0.2) is 6.61 Å². The van der Waals surface area contributed by atoms with Crippen LogP contribution in [0.2, 0.25) is 5.02 Å². The summed E-state index contributed by atoms with van der Waals surface area (Å²) in [5.74, 6) is -1.42. The van der Waals surface area contributed by atoms with Crippen molar-refractivity contribution in [2.24, 2.45) is 0 Å². The smallest absolute Gasteiger partial charge is 0.335 e. The van der Waals surface area contributed by atoms with Gasteiger partial charge in [-0.25, -0.2) is 4.79 Å². The summed E-state index contributed by atoms with van der Waals surface area (Å²) in [6.45, 7) is 3.37. The molecule has 0 fully saturated rings. The molecule has 2 aromatic rings. The van der Waals surface area contributed by atoms with Gasteiger partial charge in [0.2, 0.25) is 0 Å². The van der Waals surface area contributed by atoms with E-state index < -0.39 is 11.9 Å². The third-order valence-corrected chi connectivity index (χ3v) is 3.89. The SMILES string of the molecule is Cc1cc(OCC(=O)Nc2cc(C(=O)O)ccc2O)cc(C)c1Cl. The first-order valence-corrected chi connectivity index (χ1v) is 7.41. The molecule has 6 nitrogen and oxygen atoms in total. The first-order chi connectivity index (χ1) is 11.3. The highest BCUT2D eigenvalue weighted by atomic mass is 35.5. The summed E-state index contributed by atoms with van der Waals surface area (Å²) in [6.07, 6.45) is 0. The number of carboxylic acids is 1. The maximum atomic E-state index is 11.9. The minimum atomic E-state index is -1.16. The maximum Gasteiger partial charge on any atom is 0.335 e. The number of hydrogen-bond acceptors (Lipinski definition) is 4. The summed E-state index contributed by atoms with van der Waals surface area (Å²) >= 11 is 6.07. The number of phenols is 1. The van der Waals surface area contributed by atoms with E-state index in [4.69, 9.17) is 21.4 Å². The molecular weight excluding hydrogens is 334 g/mol. The number of phenolic OH excluding ortho intramolecular Hbond substituents is 1. The van der Waals surface area contributed by atoms with Crippen molar-refractivity contribution in [2.75, 3.05) is 11.9 Å². The molecule has 0 atom stereocenters. The Morgan fingerprint density at radius 2 is 1.79 bits per heavy atom. The molecule has 1 amide bonds. The second-order valence-electron chi connectivity index (χ2n) is 5.24. The lowest BCUT2D eigenvalue weighted by atomic mass is 10.1. The van der Waals surface area contributed by atoms with Gasteiger partial charge in [-0.1, -0.05) is 11.6 Å². The number of halogens is 1. The molecule has 7 heteroatoms. The molecule has 0 saturated heterocycles. The van der Waals surface area contributed by atoms with Crippen LogP contribution in [0.15, 0.2) is 30.3 Å². The van der Waals surface area contributed by atoms with Crippen LogP contribution >= 0.6 is 11.6 Å². The molecule has 0 bridgehead atoms. The van der Waals surface area contributed by atoms with Crippen LogP contribution in [0.4, 0.5) is 5.69 Å². The Balaban J connectivity index is 2.04. The number of aromatic hydroxyl groups is 1. The minimum Gasteiger partial charge on any atom is -0.506 e. The number of carboxylic acid groups (broad SMARTS) is 1. The average molecular weight is 350 g/mol. The topological polar surface area (TPSA) is 95.9 Å². The van der Waals surface area contributed by atoms with Gasteiger partial charge in [-0.2, -0.15) is 0 Å². The van der Waals surface area contributed by atoms with Crippen LogP contribution in [-0.4, -0.2) is 28.7 Å². The molecule has 0 aliphatic heterocycles. The van der Waals surface area contributed by atoms with Crippen molar-refractivity contribution in [3.8, 4) is 11.5 Å². The second-order valence-corrected chi connectivity index (χ2v) is 5.62. The number of carbonyl (C=O) groups excluding carboxylic acids is 1. The Kier molecular flexibility index (Phi) is 5.31. The van der Waals surface area contributed by atoms with Gasteiger partial charge in [0.25, 0.3) is 5.91 Å². The van der Waals surface area contributed by atoms with Crippen molar-refractivity contribution in [2.45, 2.75) is 13.8 Å². The Morgan fingerprint density at radius 1 is 1.17 bits per heavy atom. The number of aryl methyl sites for hydroxylation is 2. The number of anilines is 1. The number of aromatic carboxylic acids is 1. The van der Waals surface area contributed by atoms with Crippen LogP contribution in [-0.2, 0) is 4.79 Å². The fraction of sp³-hybridized carbons (Fsp3) is 0.176. The number of ether oxygens (including phenoxy) is 1. The molecule has 2 aromatic carbocycles. The number of rotatable bonds is 5. The number of hydrogen-bond donors (Lipinski definition) is 3. The van der Waals surface area contributed by atoms with Crippen molar-refractivity contribution >= 4 is 29.2 Å². The van der Waals surface area contributed by atoms with E-state index in [1.54, 1.807) is 12.1 Å². The summed E-state index contributed by atoms with van der Waals surface area (Å²) in [5, 5.41) is 21.7. The quantitative estimate of drug-likeness (QED) is 0.719. The lowest BCUT2D eigenvalue weighted by Gasteiger charge is -2.11. The van der Waals surface area contributed by atoms with Crippen molar-refractivity contribution in [1.29, 1.82) is 0 Å². The summed E-state index contributed by atoms with van der Waals surface area (Å²) in [5.41, 5.74) is 1.62. The predicted octanol–water partition coefficient (Wildman–Crippen LogP) is 3.38. The monoisotopic (exact) mass is 349 g/mol. The van der Waals surface area contributed by atoms with Crippen LogP contribution in [0.3, 0.4) is 0 Å². The van der Waals surface area contributed by atoms with Gasteiger partial charge in [-0.3, -0.25) is 4.79 Å². The van der Waals surface area contributed by atoms with Gasteiger partial charge < -0.3 is 20.3 Å². The number of nitrogens with one attached hydrogen (secondary N) is 1. The van der Waals surface area contributed by atoms with E-state index in [0.29, 0.717) is 10.8 Å². The van der Waals surface area contributed by atoms with Crippen molar-refractivity contribution in [3.63, 3.8) is 0 Å². The fourth-order valence-corrected chi connectivity index (χ4v) is 2.20. The Labute approximate surface area is 143 Å². The number of carbonyl (C=O) groups is 2. The Hall–Kier alpha value is -2.73. The van der Waals surface area contributed by atoms with Crippen LogP contribution in [0.5, 0.6) is 11.5 Å². The van der Waals surface area contributed by atoms with Gasteiger partial charge in [-0.05, 0) is 55.3 Å². The lowest BCUT2D eigenvalue weighted by molar-refractivity contribution is -0.118.